The average molecular weight is 447 g/mol. The quantitative estimate of drug-likeness (QED) is 0.498. The Morgan fingerprint density at radius 1 is 1.06 bits per heavy atom. The molecule has 2 aromatic carbocycles. The molecule has 0 spiro atoms. The van der Waals surface area contributed by atoms with Crippen LogP contribution in [0.15, 0.2) is 67.0 Å². The second-order valence-corrected chi connectivity index (χ2v) is 8.19. The number of carbonyl (C=O) groups excluding carboxylic acids is 1. The molecule has 168 valence electrons. The van der Waals surface area contributed by atoms with Crippen molar-refractivity contribution in [2.24, 2.45) is 5.92 Å². The Morgan fingerprint density at radius 3 is 2.58 bits per heavy atom. The van der Waals surface area contributed by atoms with E-state index in [4.69, 9.17) is 0 Å². The van der Waals surface area contributed by atoms with Gasteiger partial charge >= 0.3 is 0 Å². The molecule has 6 nitrogen and oxygen atoms in total. The van der Waals surface area contributed by atoms with E-state index in [9.17, 15) is 13.6 Å². The van der Waals surface area contributed by atoms with E-state index in [-0.39, 0.29) is 30.0 Å². The number of amides is 1. The Bertz CT molecular complexity index is 1280. The Labute approximate surface area is 189 Å². The molecule has 0 saturated carbocycles. The van der Waals surface area contributed by atoms with Gasteiger partial charge in [-0.2, -0.15) is 5.10 Å². The number of aromatic nitrogens is 3. The maximum Gasteiger partial charge on any atom is 0.223 e. The summed E-state index contributed by atoms with van der Waals surface area (Å²) in [5.41, 5.74) is 2.92. The smallest absolute Gasteiger partial charge is 0.223 e. The van der Waals surface area contributed by atoms with E-state index in [0.717, 1.165) is 22.6 Å². The molecule has 0 aliphatic carbocycles. The zero-order chi connectivity index (χ0) is 22.8. The number of anilines is 1. The number of piperidine rings is 1. The fourth-order valence-corrected chi connectivity index (χ4v) is 4.24. The van der Waals surface area contributed by atoms with Crippen LogP contribution >= 0.6 is 0 Å². The van der Waals surface area contributed by atoms with Crippen LogP contribution in [-0.4, -0.2) is 33.6 Å². The first kappa shape index (κ1) is 21.1. The van der Waals surface area contributed by atoms with E-state index in [2.05, 4.69) is 20.3 Å². The van der Waals surface area contributed by atoms with Crippen LogP contribution in [0.3, 0.4) is 0 Å². The van der Waals surface area contributed by atoms with Crippen LogP contribution in [0.4, 0.5) is 14.6 Å². The summed E-state index contributed by atoms with van der Waals surface area (Å²) in [4.78, 5) is 19.3. The number of carbonyl (C=O) groups is 1. The Morgan fingerprint density at radius 2 is 1.82 bits per heavy atom. The summed E-state index contributed by atoms with van der Waals surface area (Å²) >= 11 is 0. The molecule has 1 aliphatic rings. The molecule has 0 radical (unpaired) electrons. The predicted octanol–water partition coefficient (Wildman–Crippen LogP) is 4.21. The van der Waals surface area contributed by atoms with E-state index in [1.54, 1.807) is 47.2 Å². The van der Waals surface area contributed by atoms with E-state index in [1.165, 1.54) is 18.2 Å². The summed E-state index contributed by atoms with van der Waals surface area (Å²) in [5.74, 6) is 0.0429. The summed E-state index contributed by atoms with van der Waals surface area (Å²) in [6.45, 7) is 1.55. The lowest BCUT2D eigenvalue weighted by Gasteiger charge is -2.32. The highest BCUT2D eigenvalue weighted by molar-refractivity contribution is 5.79. The first-order chi connectivity index (χ1) is 16.1. The van der Waals surface area contributed by atoms with Crippen LogP contribution in [0.25, 0.3) is 16.8 Å². The minimum Gasteiger partial charge on any atom is -0.355 e. The minimum atomic E-state index is -0.312. The Balaban J connectivity index is 1.26. The fraction of sp³-hybridized carbons (Fsp3) is 0.240. The molecule has 3 heterocycles. The van der Waals surface area contributed by atoms with Crippen LogP contribution in [-0.2, 0) is 11.3 Å². The standard InChI is InChI=1S/C25H23F2N5O/c26-20-7-5-17(6-8-20)22-15-23-24(28-11-14-32(23)30-22)31-12-9-18(10-13-31)25(33)29-16-19-3-1-2-4-21(19)27/h1-8,11,14-15,18H,9-10,12-13,16H2,(H,29,33). The number of hydrogen-bond donors (Lipinski definition) is 1. The highest BCUT2D eigenvalue weighted by atomic mass is 19.1. The second kappa shape index (κ2) is 8.97. The van der Waals surface area contributed by atoms with Gasteiger partial charge in [0.1, 0.15) is 17.2 Å². The molecule has 1 aliphatic heterocycles. The van der Waals surface area contributed by atoms with E-state index in [0.29, 0.717) is 31.5 Å². The highest BCUT2D eigenvalue weighted by Gasteiger charge is 2.27. The molecular weight excluding hydrogens is 424 g/mol. The van der Waals surface area contributed by atoms with E-state index in [1.807, 2.05) is 6.07 Å². The van der Waals surface area contributed by atoms with Crippen molar-refractivity contribution in [2.45, 2.75) is 19.4 Å². The maximum absolute atomic E-state index is 13.8. The molecule has 33 heavy (non-hydrogen) atoms. The number of benzene rings is 2. The van der Waals surface area contributed by atoms with E-state index >= 15 is 0 Å². The first-order valence-corrected chi connectivity index (χ1v) is 10.9. The molecule has 0 bridgehead atoms. The van der Waals surface area contributed by atoms with Gasteiger partial charge in [0.15, 0.2) is 5.82 Å². The first-order valence-electron chi connectivity index (χ1n) is 10.9. The highest BCUT2D eigenvalue weighted by Crippen LogP contribution is 2.28. The van der Waals surface area contributed by atoms with Crippen molar-refractivity contribution < 1.29 is 13.6 Å². The van der Waals surface area contributed by atoms with Gasteiger partial charge in [-0.25, -0.2) is 18.3 Å². The van der Waals surface area contributed by atoms with Crippen molar-refractivity contribution in [3.63, 3.8) is 0 Å². The number of nitrogens with one attached hydrogen (secondary N) is 1. The summed E-state index contributed by atoms with van der Waals surface area (Å²) in [6, 6.07) is 14.7. The number of nitrogens with zero attached hydrogens (tertiary/aromatic N) is 4. The third-order valence-corrected chi connectivity index (χ3v) is 6.09. The molecule has 1 amide bonds. The van der Waals surface area contributed by atoms with Gasteiger partial charge < -0.3 is 10.2 Å². The van der Waals surface area contributed by atoms with Crippen molar-refractivity contribution >= 4 is 17.2 Å². The molecule has 1 N–H and O–H groups in total. The van der Waals surface area contributed by atoms with Crippen LogP contribution in [0.1, 0.15) is 18.4 Å². The predicted molar refractivity (Wildman–Crippen MR) is 122 cm³/mol. The second-order valence-electron chi connectivity index (χ2n) is 8.19. The molecule has 1 fully saturated rings. The fourth-order valence-electron chi connectivity index (χ4n) is 4.24. The summed E-state index contributed by atoms with van der Waals surface area (Å²) in [6.07, 6.45) is 4.86. The molecule has 2 aromatic heterocycles. The summed E-state index contributed by atoms with van der Waals surface area (Å²) < 4.78 is 28.8. The maximum atomic E-state index is 13.8. The van der Waals surface area contributed by atoms with Gasteiger partial charge in [-0.15, -0.1) is 0 Å². The van der Waals surface area contributed by atoms with Crippen molar-refractivity contribution in [1.82, 2.24) is 19.9 Å². The largest absolute Gasteiger partial charge is 0.355 e. The van der Waals surface area contributed by atoms with Crippen LogP contribution < -0.4 is 10.2 Å². The third kappa shape index (κ3) is 4.41. The normalized spacial score (nSPS) is 14.5. The van der Waals surface area contributed by atoms with Gasteiger partial charge in [0, 0.05) is 49.1 Å². The monoisotopic (exact) mass is 447 g/mol. The molecular formula is C25H23F2N5O. The summed E-state index contributed by atoms with van der Waals surface area (Å²) in [7, 11) is 0. The lowest BCUT2D eigenvalue weighted by atomic mass is 9.95. The van der Waals surface area contributed by atoms with Crippen LogP contribution in [0.5, 0.6) is 0 Å². The number of halogens is 2. The van der Waals surface area contributed by atoms with Gasteiger partial charge in [0.2, 0.25) is 5.91 Å². The van der Waals surface area contributed by atoms with Crippen molar-refractivity contribution in [3.05, 3.63) is 84.2 Å². The van der Waals surface area contributed by atoms with Crippen LogP contribution in [0.2, 0.25) is 0 Å². The number of fused-ring (bicyclic) bond motifs is 1. The molecule has 4 aromatic rings. The van der Waals surface area contributed by atoms with Gasteiger partial charge in [-0.1, -0.05) is 18.2 Å². The van der Waals surface area contributed by atoms with Gasteiger partial charge in [-0.05, 0) is 49.2 Å². The topological polar surface area (TPSA) is 62.5 Å². The number of rotatable bonds is 5. The zero-order valence-corrected chi connectivity index (χ0v) is 17.9. The lowest BCUT2D eigenvalue weighted by Crippen LogP contribution is -2.40. The lowest BCUT2D eigenvalue weighted by molar-refractivity contribution is -0.125. The van der Waals surface area contributed by atoms with Gasteiger partial charge in [-0.3, -0.25) is 4.79 Å². The molecule has 8 heteroatoms. The third-order valence-electron chi connectivity index (χ3n) is 6.09. The Hall–Kier alpha value is -3.81. The van der Waals surface area contributed by atoms with E-state index < -0.39 is 0 Å². The average Bonchev–Trinajstić information content (AvgIpc) is 3.28. The molecule has 0 unspecified atom stereocenters. The summed E-state index contributed by atoms with van der Waals surface area (Å²) in [5, 5.41) is 7.47. The Kier molecular flexibility index (Phi) is 5.73. The van der Waals surface area contributed by atoms with Crippen molar-refractivity contribution in [1.29, 1.82) is 0 Å². The minimum absolute atomic E-state index is 0.0491. The molecule has 1 saturated heterocycles. The number of hydrogen-bond acceptors (Lipinski definition) is 4. The molecule has 5 rings (SSSR count). The van der Waals surface area contributed by atoms with Gasteiger partial charge in [0.05, 0.1) is 5.69 Å². The SMILES string of the molecule is O=C(NCc1ccccc1F)C1CCN(c2nccn3nc(-c4ccc(F)cc4)cc23)CC1. The zero-order valence-electron chi connectivity index (χ0n) is 17.9. The van der Waals surface area contributed by atoms with Crippen molar-refractivity contribution in [2.75, 3.05) is 18.0 Å². The van der Waals surface area contributed by atoms with Crippen LogP contribution in [0, 0.1) is 17.6 Å². The molecule has 0 atom stereocenters. The van der Waals surface area contributed by atoms with Gasteiger partial charge in [0.25, 0.3) is 0 Å². The van der Waals surface area contributed by atoms with Crippen molar-refractivity contribution in [3.8, 4) is 11.3 Å².